The summed E-state index contributed by atoms with van der Waals surface area (Å²) < 4.78 is 9.05. The van der Waals surface area contributed by atoms with E-state index in [2.05, 4.69) is 105 Å². The molecule has 0 saturated carbocycles. The number of rotatable bonds is 11. The van der Waals surface area contributed by atoms with Gasteiger partial charge in [0, 0.05) is 103 Å². The maximum absolute atomic E-state index is 14.0. The Morgan fingerprint density at radius 3 is 1.58 bits per heavy atom. The van der Waals surface area contributed by atoms with Gasteiger partial charge in [0.25, 0.3) is 5.91 Å². The van der Waals surface area contributed by atoms with Crippen molar-refractivity contribution in [1.82, 2.24) is 34.4 Å². The predicted octanol–water partition coefficient (Wildman–Crippen LogP) is 12.0. The zero-order valence-electron chi connectivity index (χ0n) is 39.8. The third kappa shape index (κ3) is 13.8. The van der Waals surface area contributed by atoms with E-state index in [1.165, 1.54) is 10.9 Å². The molecule has 13 heteroatoms. The zero-order valence-corrected chi connectivity index (χ0v) is 43.2. The number of aromatic nitrogens is 5. The van der Waals surface area contributed by atoms with Crippen LogP contribution in [0, 0.1) is 6.92 Å². The van der Waals surface area contributed by atoms with Crippen molar-refractivity contribution in [3.05, 3.63) is 199 Å². The number of carbonyl (C=O) groups excluding carboxylic acids is 1. The van der Waals surface area contributed by atoms with Crippen molar-refractivity contribution < 1.29 is 28.7 Å². The number of aryl methyl sites for hydroxylation is 1. The zero-order chi connectivity index (χ0) is 46.3. The van der Waals surface area contributed by atoms with Crippen molar-refractivity contribution >= 4 is 47.4 Å². The molecule has 0 fully saturated rings. The molecule has 1 amide bonds. The van der Waals surface area contributed by atoms with Crippen molar-refractivity contribution in [2.75, 3.05) is 38.1 Å². The quantitative estimate of drug-likeness (QED) is 0.0717. The normalized spacial score (nSPS) is 10.2. The molecule has 6 heterocycles. The van der Waals surface area contributed by atoms with E-state index in [0.717, 1.165) is 93.6 Å². The third-order valence-electron chi connectivity index (χ3n) is 11.4. The van der Waals surface area contributed by atoms with Crippen LogP contribution in [0.25, 0.3) is 56.2 Å². The molecule has 0 saturated heterocycles. The van der Waals surface area contributed by atoms with Crippen LogP contribution in [0.3, 0.4) is 0 Å². The molecule has 2 aromatic carbocycles. The second-order valence-corrected chi connectivity index (χ2v) is 15.6. The maximum Gasteiger partial charge on any atom is 3.00 e. The largest absolute Gasteiger partial charge is 3.00 e. The van der Waals surface area contributed by atoms with Crippen molar-refractivity contribution in [3.8, 4) is 45.2 Å². The Hall–Kier alpha value is -6.65. The molecular formula is C56H59Cl2N8O2Ru+4. The van der Waals surface area contributed by atoms with Crippen molar-refractivity contribution in [3.63, 3.8) is 0 Å². The Morgan fingerprint density at radius 1 is 0.594 bits per heavy atom. The van der Waals surface area contributed by atoms with E-state index in [1.807, 2.05) is 110 Å². The first-order chi connectivity index (χ1) is 32.3. The molecule has 69 heavy (non-hydrogen) atoms. The number of nitrogens with zero attached hydrogens (tertiary/aromatic N) is 8. The summed E-state index contributed by atoms with van der Waals surface area (Å²) >= 11 is 0. The summed E-state index contributed by atoms with van der Waals surface area (Å²) in [5.41, 5.74) is 11.4. The Labute approximate surface area is 431 Å². The first-order valence-corrected chi connectivity index (χ1v) is 22.6. The third-order valence-corrected chi connectivity index (χ3v) is 11.4. The number of pyridine rings is 5. The van der Waals surface area contributed by atoms with E-state index in [1.54, 1.807) is 42.1 Å². The number of carbonyl (C=O) groups is 1. The monoisotopic (exact) mass is 1050 g/mol. The predicted molar refractivity (Wildman–Crippen MR) is 282 cm³/mol. The number of amides is 1. The molecule has 353 valence electrons. The van der Waals surface area contributed by atoms with Crippen LogP contribution in [-0.4, -0.2) is 69.0 Å². The van der Waals surface area contributed by atoms with Crippen LogP contribution in [0.1, 0.15) is 49.2 Å². The van der Waals surface area contributed by atoms with Gasteiger partial charge in [0.05, 0.1) is 28.8 Å². The second-order valence-electron chi connectivity index (χ2n) is 15.6. The van der Waals surface area contributed by atoms with Gasteiger partial charge in [0.2, 0.25) is 5.36 Å². The van der Waals surface area contributed by atoms with Crippen molar-refractivity contribution in [2.24, 2.45) is 0 Å². The topological polar surface area (TPSA) is 104 Å². The minimum Gasteiger partial charge on any atom is -0.456 e. The van der Waals surface area contributed by atoms with Crippen LogP contribution in [0.15, 0.2) is 181 Å². The van der Waals surface area contributed by atoms with Crippen molar-refractivity contribution in [2.45, 2.75) is 41.2 Å². The van der Waals surface area contributed by atoms with E-state index in [-0.39, 0.29) is 50.2 Å². The molecule has 0 bridgehead atoms. The van der Waals surface area contributed by atoms with Crippen LogP contribution < -0.4 is 14.8 Å². The average molecular weight is 1050 g/mol. The molecule has 1 aliphatic carbocycles. The van der Waals surface area contributed by atoms with Gasteiger partial charge in [-0.3, -0.25) is 29.7 Å². The minimum atomic E-state index is -0.0271. The van der Waals surface area contributed by atoms with Gasteiger partial charge in [-0.05, 0) is 131 Å². The molecule has 2 aliphatic rings. The van der Waals surface area contributed by atoms with Gasteiger partial charge in [-0.25, -0.2) is 4.58 Å². The maximum atomic E-state index is 14.0. The second kappa shape index (κ2) is 27.4. The molecule has 0 atom stereocenters. The Balaban J connectivity index is 0.000000311. The Kier molecular flexibility index (Phi) is 21.8. The molecule has 10 nitrogen and oxygen atoms in total. The molecule has 7 aromatic rings. The van der Waals surface area contributed by atoms with Crippen LogP contribution in [0.5, 0.6) is 0 Å². The minimum absolute atomic E-state index is 0. The molecule has 1 aliphatic heterocycles. The van der Waals surface area contributed by atoms with Gasteiger partial charge < -0.3 is 14.2 Å². The fourth-order valence-electron chi connectivity index (χ4n) is 7.99. The standard InChI is InChI=1S/C36H41N4O2.2C10H8N2.2ClH.Ru/c1-7-39(8-2)27-15-16-30-33(22-27)42-34-23-32(40(9-3)10-4)25(5)21-31(34)35(30)28-13-11-12-14-29(28)36(41)38(6)24-26-17-19-37-20-18-26;2*1-3-7-11-9(5-1)10-6-2-4-8-12-10;;;/h11-23H,7-10,24H2,1-6H3;2*1-8H;2*1H;/q+1;;;;;+3. The molecule has 0 unspecified atom stereocenters. The van der Waals surface area contributed by atoms with Crippen LogP contribution >= 0.6 is 24.8 Å². The van der Waals surface area contributed by atoms with E-state index >= 15 is 0 Å². The van der Waals surface area contributed by atoms with Gasteiger partial charge in [0.1, 0.15) is 24.4 Å². The summed E-state index contributed by atoms with van der Waals surface area (Å²) in [5.74, 6) is 0.787. The Morgan fingerprint density at radius 2 is 1.10 bits per heavy atom. The molecule has 5 aromatic heterocycles. The van der Waals surface area contributed by atoms with Gasteiger partial charge >= 0.3 is 19.5 Å². The fourth-order valence-corrected chi connectivity index (χ4v) is 7.99. The van der Waals surface area contributed by atoms with Gasteiger partial charge in [0.15, 0.2) is 0 Å². The van der Waals surface area contributed by atoms with E-state index in [4.69, 9.17) is 4.42 Å². The van der Waals surface area contributed by atoms with Crippen LogP contribution in [-0.2, 0) is 26.0 Å². The number of hydrogen-bond acceptors (Lipinski definition) is 8. The summed E-state index contributed by atoms with van der Waals surface area (Å²) in [6.07, 6.45) is 10.6. The van der Waals surface area contributed by atoms with E-state index in [0.29, 0.717) is 12.1 Å². The molecule has 0 spiro atoms. The van der Waals surface area contributed by atoms with Gasteiger partial charge in [-0.1, -0.05) is 42.5 Å². The SMILES string of the molecule is CCN(CC)c1ccc2c(-c3ccccc3C(=O)N(C)Cc3ccncc3)c3cc(C)c(=[N+](CC)CC)cc-3oc2c1.Cl.Cl.[Ru+3].c1ccc(-c2ccccn2)nc1.c1ccc(-c2ccccn2)nc1. The van der Waals surface area contributed by atoms with E-state index in [9.17, 15) is 4.79 Å². The molecule has 1 radical (unpaired) electrons. The summed E-state index contributed by atoms with van der Waals surface area (Å²) in [5, 5.41) is 2.16. The van der Waals surface area contributed by atoms with Gasteiger partial charge in [-0.15, -0.1) is 24.8 Å². The summed E-state index contributed by atoms with van der Waals surface area (Å²) in [6.45, 7) is 15.0. The summed E-state index contributed by atoms with van der Waals surface area (Å²) in [6, 6.07) is 45.9. The summed E-state index contributed by atoms with van der Waals surface area (Å²) in [4.78, 5) is 38.9. The number of fused-ring (bicyclic) bond motifs is 2. The van der Waals surface area contributed by atoms with Crippen molar-refractivity contribution in [1.29, 1.82) is 0 Å². The number of hydrogen-bond donors (Lipinski definition) is 0. The Bertz CT molecular complexity index is 2840. The molecule has 9 rings (SSSR count). The number of halogens is 2. The van der Waals surface area contributed by atoms with Crippen LogP contribution in [0.2, 0.25) is 0 Å². The number of benzene rings is 3. The number of anilines is 1. The first kappa shape index (κ1) is 55.0. The first-order valence-electron chi connectivity index (χ1n) is 22.6. The molecular weight excluding hydrogens is 989 g/mol. The average Bonchev–Trinajstić information content (AvgIpc) is 3.38. The molecule has 0 N–H and O–H groups in total. The van der Waals surface area contributed by atoms with Crippen LogP contribution in [0.4, 0.5) is 5.69 Å². The summed E-state index contributed by atoms with van der Waals surface area (Å²) in [7, 11) is 1.85. The van der Waals surface area contributed by atoms with Gasteiger partial charge in [-0.2, -0.15) is 0 Å². The van der Waals surface area contributed by atoms with E-state index < -0.39 is 0 Å². The fraction of sp³-hybridized carbons (Fsp3) is 0.196. The smallest absolute Gasteiger partial charge is 0.456 e.